The third kappa shape index (κ3) is 6.24. The molecule has 1 heterocycles. The Morgan fingerprint density at radius 2 is 2.18 bits per heavy atom. The molecule has 1 rings (SSSR count). The summed E-state index contributed by atoms with van der Waals surface area (Å²) in [5.74, 6) is 0.831. The molecule has 96 valence electrons. The molecule has 2 N–H and O–H groups in total. The zero-order valence-electron chi connectivity index (χ0n) is 11.0. The zero-order valence-corrected chi connectivity index (χ0v) is 11.0. The Kier molecular flexibility index (Phi) is 5.94. The lowest BCUT2D eigenvalue weighted by Crippen LogP contribution is -2.18. The van der Waals surface area contributed by atoms with Crippen molar-refractivity contribution in [2.45, 2.75) is 25.8 Å². The predicted octanol–water partition coefficient (Wildman–Crippen LogP) is 1.30. The molecule has 4 heteroatoms. The molecular formula is C13H23N3O. The van der Waals surface area contributed by atoms with E-state index >= 15 is 0 Å². The van der Waals surface area contributed by atoms with E-state index in [4.69, 9.17) is 10.5 Å². The lowest BCUT2D eigenvalue weighted by molar-refractivity contribution is 0.280. The Labute approximate surface area is 104 Å². The third-order valence-corrected chi connectivity index (χ3v) is 2.35. The van der Waals surface area contributed by atoms with E-state index in [1.54, 1.807) is 6.20 Å². The Hall–Kier alpha value is -1.13. The standard InChI is InChI=1S/C13H23N3O/c1-11(14)9-12-5-6-13(10-15-12)17-8-4-7-16(2)3/h5-6,10-11H,4,7-9,14H2,1-3H3. The van der Waals surface area contributed by atoms with Gasteiger partial charge in [0.15, 0.2) is 0 Å². The van der Waals surface area contributed by atoms with Gasteiger partial charge in [0.2, 0.25) is 0 Å². The van der Waals surface area contributed by atoms with Gasteiger partial charge in [0, 0.05) is 24.7 Å². The summed E-state index contributed by atoms with van der Waals surface area (Å²) in [6, 6.07) is 4.08. The highest BCUT2D eigenvalue weighted by molar-refractivity contribution is 5.20. The molecule has 0 fully saturated rings. The molecule has 0 aromatic carbocycles. The second-order valence-electron chi connectivity index (χ2n) is 4.67. The molecule has 0 saturated carbocycles. The second kappa shape index (κ2) is 7.25. The Bertz CT molecular complexity index is 309. The van der Waals surface area contributed by atoms with Gasteiger partial charge < -0.3 is 15.4 Å². The molecule has 0 aliphatic carbocycles. The smallest absolute Gasteiger partial charge is 0.137 e. The zero-order chi connectivity index (χ0) is 12.7. The van der Waals surface area contributed by atoms with Gasteiger partial charge in [-0.15, -0.1) is 0 Å². The van der Waals surface area contributed by atoms with Gasteiger partial charge in [0.05, 0.1) is 12.8 Å². The second-order valence-corrected chi connectivity index (χ2v) is 4.67. The molecule has 0 spiro atoms. The monoisotopic (exact) mass is 237 g/mol. The van der Waals surface area contributed by atoms with Gasteiger partial charge in [0.25, 0.3) is 0 Å². The number of aromatic nitrogens is 1. The first kappa shape index (κ1) is 13.9. The Morgan fingerprint density at radius 1 is 1.41 bits per heavy atom. The van der Waals surface area contributed by atoms with Crippen molar-refractivity contribution in [3.05, 3.63) is 24.0 Å². The highest BCUT2D eigenvalue weighted by Crippen LogP contribution is 2.10. The van der Waals surface area contributed by atoms with Crippen molar-refractivity contribution in [1.82, 2.24) is 9.88 Å². The van der Waals surface area contributed by atoms with Gasteiger partial charge in [0.1, 0.15) is 5.75 Å². The van der Waals surface area contributed by atoms with Crippen LogP contribution in [0, 0.1) is 0 Å². The van der Waals surface area contributed by atoms with Gasteiger partial charge in [-0.1, -0.05) is 0 Å². The molecule has 0 aliphatic heterocycles. The van der Waals surface area contributed by atoms with Crippen molar-refractivity contribution in [3.63, 3.8) is 0 Å². The van der Waals surface area contributed by atoms with Crippen LogP contribution in [0.1, 0.15) is 19.0 Å². The summed E-state index contributed by atoms with van der Waals surface area (Å²) in [7, 11) is 4.12. The largest absolute Gasteiger partial charge is 0.492 e. The van der Waals surface area contributed by atoms with Crippen molar-refractivity contribution in [3.8, 4) is 5.75 Å². The molecule has 1 aromatic heterocycles. The summed E-state index contributed by atoms with van der Waals surface area (Å²) in [5, 5.41) is 0. The first-order valence-corrected chi connectivity index (χ1v) is 6.06. The highest BCUT2D eigenvalue weighted by atomic mass is 16.5. The molecule has 1 aromatic rings. The van der Waals surface area contributed by atoms with Crippen LogP contribution in [0.4, 0.5) is 0 Å². The molecule has 4 nitrogen and oxygen atoms in total. The van der Waals surface area contributed by atoms with Gasteiger partial charge in [-0.05, 0) is 39.6 Å². The number of pyridine rings is 1. The fraction of sp³-hybridized carbons (Fsp3) is 0.615. The number of rotatable bonds is 7. The maximum Gasteiger partial charge on any atom is 0.137 e. The minimum atomic E-state index is 0.148. The van der Waals surface area contributed by atoms with Crippen LogP contribution in [0.2, 0.25) is 0 Å². The summed E-state index contributed by atoms with van der Waals surface area (Å²) < 4.78 is 5.60. The quantitative estimate of drug-likeness (QED) is 0.726. The molecular weight excluding hydrogens is 214 g/mol. The van der Waals surface area contributed by atoms with E-state index in [2.05, 4.69) is 24.0 Å². The Morgan fingerprint density at radius 3 is 2.71 bits per heavy atom. The average Bonchev–Trinajstić information content (AvgIpc) is 2.25. The number of hydrogen-bond donors (Lipinski definition) is 1. The minimum Gasteiger partial charge on any atom is -0.492 e. The maximum absolute atomic E-state index is 5.71. The topological polar surface area (TPSA) is 51.4 Å². The van der Waals surface area contributed by atoms with Crippen molar-refractivity contribution in [2.75, 3.05) is 27.2 Å². The summed E-state index contributed by atoms with van der Waals surface area (Å²) in [6.07, 6.45) is 3.60. The molecule has 0 radical (unpaired) electrons. The van der Waals surface area contributed by atoms with Crippen molar-refractivity contribution in [1.29, 1.82) is 0 Å². The minimum absolute atomic E-state index is 0.148. The van der Waals surface area contributed by atoms with E-state index in [0.29, 0.717) is 0 Å². The van der Waals surface area contributed by atoms with Crippen LogP contribution >= 0.6 is 0 Å². The number of nitrogens with two attached hydrogens (primary N) is 1. The normalized spacial score (nSPS) is 12.8. The SMILES string of the molecule is CC(N)Cc1ccc(OCCCN(C)C)cn1. The van der Waals surface area contributed by atoms with E-state index in [0.717, 1.165) is 37.4 Å². The van der Waals surface area contributed by atoms with E-state index in [9.17, 15) is 0 Å². The lowest BCUT2D eigenvalue weighted by Gasteiger charge is -2.10. The molecule has 17 heavy (non-hydrogen) atoms. The third-order valence-electron chi connectivity index (χ3n) is 2.35. The van der Waals surface area contributed by atoms with Gasteiger partial charge >= 0.3 is 0 Å². The molecule has 0 amide bonds. The van der Waals surface area contributed by atoms with Crippen molar-refractivity contribution < 1.29 is 4.74 Å². The van der Waals surface area contributed by atoms with E-state index < -0.39 is 0 Å². The first-order valence-electron chi connectivity index (χ1n) is 6.06. The molecule has 1 unspecified atom stereocenters. The first-order chi connectivity index (χ1) is 8.08. The number of ether oxygens (including phenoxy) is 1. The molecule has 0 bridgehead atoms. The van der Waals surface area contributed by atoms with Crippen LogP contribution in [-0.2, 0) is 6.42 Å². The van der Waals surface area contributed by atoms with Crippen molar-refractivity contribution >= 4 is 0 Å². The summed E-state index contributed by atoms with van der Waals surface area (Å²) >= 11 is 0. The fourth-order valence-electron chi connectivity index (χ4n) is 1.52. The summed E-state index contributed by atoms with van der Waals surface area (Å²) in [4.78, 5) is 6.46. The summed E-state index contributed by atoms with van der Waals surface area (Å²) in [5.41, 5.74) is 6.73. The van der Waals surface area contributed by atoms with Crippen LogP contribution in [-0.4, -0.2) is 43.2 Å². The average molecular weight is 237 g/mol. The predicted molar refractivity (Wildman–Crippen MR) is 70.3 cm³/mol. The molecule has 0 aliphatic rings. The van der Waals surface area contributed by atoms with E-state index in [-0.39, 0.29) is 6.04 Å². The van der Waals surface area contributed by atoms with E-state index in [1.807, 2.05) is 19.1 Å². The van der Waals surface area contributed by atoms with Crippen LogP contribution in [0.15, 0.2) is 18.3 Å². The van der Waals surface area contributed by atoms with Crippen molar-refractivity contribution in [2.24, 2.45) is 5.73 Å². The van der Waals surface area contributed by atoms with Gasteiger partial charge in [-0.3, -0.25) is 4.98 Å². The van der Waals surface area contributed by atoms with Gasteiger partial charge in [-0.25, -0.2) is 0 Å². The maximum atomic E-state index is 5.71. The van der Waals surface area contributed by atoms with Crippen LogP contribution in [0.3, 0.4) is 0 Å². The Balaban J connectivity index is 2.30. The molecule has 1 atom stereocenters. The van der Waals surface area contributed by atoms with Gasteiger partial charge in [-0.2, -0.15) is 0 Å². The lowest BCUT2D eigenvalue weighted by atomic mass is 10.2. The van der Waals surface area contributed by atoms with E-state index in [1.165, 1.54) is 0 Å². The fourth-order valence-corrected chi connectivity index (χ4v) is 1.52. The number of nitrogens with zero attached hydrogens (tertiary/aromatic N) is 2. The highest BCUT2D eigenvalue weighted by Gasteiger charge is 2.00. The molecule has 0 saturated heterocycles. The van der Waals surface area contributed by atoms with Crippen LogP contribution < -0.4 is 10.5 Å². The number of hydrogen-bond acceptors (Lipinski definition) is 4. The van der Waals surface area contributed by atoms with Crippen LogP contribution in [0.25, 0.3) is 0 Å². The van der Waals surface area contributed by atoms with Crippen LogP contribution in [0.5, 0.6) is 5.75 Å². The summed E-state index contributed by atoms with van der Waals surface area (Å²) in [6.45, 7) is 3.75.